The fourth-order valence-corrected chi connectivity index (χ4v) is 3.26. The summed E-state index contributed by atoms with van der Waals surface area (Å²) >= 11 is 0. The van der Waals surface area contributed by atoms with Gasteiger partial charge >= 0.3 is 0 Å². The summed E-state index contributed by atoms with van der Waals surface area (Å²) in [5.41, 5.74) is 1.07. The molecule has 1 saturated heterocycles. The number of carbonyl (C=O) groups excluding carboxylic acids is 1. The molecule has 1 N–H and O–H groups in total. The number of benzene rings is 1. The standard InChI is InChI=1S/C16H19N5O.ClH/c22-16(13-7-4-8-17-13)20-9-10-21-14(11-20)18-19-15(21)12-5-2-1-3-6-12;/h1-3,5-6,13,17H,4,7-11H2;1H. The van der Waals surface area contributed by atoms with E-state index in [0.717, 1.165) is 49.7 Å². The van der Waals surface area contributed by atoms with Crippen LogP contribution in [0.15, 0.2) is 30.3 Å². The zero-order chi connectivity index (χ0) is 14.9. The van der Waals surface area contributed by atoms with E-state index in [1.54, 1.807) is 0 Å². The number of carbonyl (C=O) groups is 1. The second kappa shape index (κ2) is 6.68. The Kier molecular flexibility index (Phi) is 4.63. The third-order valence-electron chi connectivity index (χ3n) is 4.46. The molecule has 2 aliphatic rings. The number of hydrogen-bond acceptors (Lipinski definition) is 4. The Balaban J connectivity index is 0.00000156. The van der Waals surface area contributed by atoms with Gasteiger partial charge in [0.05, 0.1) is 12.6 Å². The summed E-state index contributed by atoms with van der Waals surface area (Å²) < 4.78 is 2.13. The summed E-state index contributed by atoms with van der Waals surface area (Å²) in [5.74, 6) is 1.96. The number of nitrogens with zero attached hydrogens (tertiary/aromatic N) is 4. The average Bonchev–Trinajstić information content (AvgIpc) is 3.24. The Labute approximate surface area is 141 Å². The monoisotopic (exact) mass is 333 g/mol. The fraction of sp³-hybridized carbons (Fsp3) is 0.438. The van der Waals surface area contributed by atoms with Gasteiger partial charge in [-0.25, -0.2) is 0 Å². The van der Waals surface area contributed by atoms with Crippen LogP contribution in [0.25, 0.3) is 11.4 Å². The van der Waals surface area contributed by atoms with Crippen LogP contribution in [-0.2, 0) is 17.9 Å². The van der Waals surface area contributed by atoms with Gasteiger partial charge in [-0.2, -0.15) is 0 Å². The maximum absolute atomic E-state index is 12.5. The minimum Gasteiger partial charge on any atom is -0.332 e. The van der Waals surface area contributed by atoms with Gasteiger partial charge in [-0.1, -0.05) is 30.3 Å². The maximum atomic E-state index is 12.5. The average molecular weight is 334 g/mol. The van der Waals surface area contributed by atoms with Gasteiger partial charge in [-0.15, -0.1) is 22.6 Å². The Morgan fingerprint density at radius 2 is 2.00 bits per heavy atom. The number of halogens is 1. The molecule has 0 bridgehead atoms. The van der Waals surface area contributed by atoms with Gasteiger partial charge < -0.3 is 14.8 Å². The van der Waals surface area contributed by atoms with Crippen LogP contribution >= 0.6 is 12.4 Å². The van der Waals surface area contributed by atoms with Crippen molar-refractivity contribution in [3.05, 3.63) is 36.2 Å². The molecule has 1 atom stereocenters. The third kappa shape index (κ3) is 2.96. The molecule has 1 aromatic heterocycles. The van der Waals surface area contributed by atoms with E-state index in [9.17, 15) is 4.79 Å². The van der Waals surface area contributed by atoms with Crippen molar-refractivity contribution in [3.8, 4) is 11.4 Å². The smallest absolute Gasteiger partial charge is 0.240 e. The predicted molar refractivity (Wildman–Crippen MR) is 89.1 cm³/mol. The number of aromatic nitrogens is 3. The Bertz CT molecular complexity index is 681. The van der Waals surface area contributed by atoms with Crippen LogP contribution in [0.1, 0.15) is 18.7 Å². The molecule has 1 fully saturated rings. The van der Waals surface area contributed by atoms with E-state index in [0.29, 0.717) is 6.54 Å². The lowest BCUT2D eigenvalue weighted by Crippen LogP contribution is -2.46. The fourth-order valence-electron chi connectivity index (χ4n) is 3.26. The van der Waals surface area contributed by atoms with Crippen molar-refractivity contribution in [2.24, 2.45) is 0 Å². The van der Waals surface area contributed by atoms with Crippen molar-refractivity contribution in [2.75, 3.05) is 13.1 Å². The molecule has 2 aromatic rings. The molecule has 1 amide bonds. The second-order valence-corrected chi connectivity index (χ2v) is 5.87. The molecule has 0 radical (unpaired) electrons. The first kappa shape index (κ1) is 16.0. The topological polar surface area (TPSA) is 63.1 Å². The van der Waals surface area contributed by atoms with Gasteiger partial charge in [-0.05, 0) is 19.4 Å². The zero-order valence-electron chi connectivity index (χ0n) is 12.8. The van der Waals surface area contributed by atoms with Gasteiger partial charge in [0, 0.05) is 18.7 Å². The molecular weight excluding hydrogens is 314 g/mol. The van der Waals surface area contributed by atoms with E-state index in [4.69, 9.17) is 0 Å². The van der Waals surface area contributed by atoms with Crippen molar-refractivity contribution < 1.29 is 4.79 Å². The molecule has 3 heterocycles. The Hall–Kier alpha value is -1.92. The first-order valence-corrected chi connectivity index (χ1v) is 7.82. The lowest BCUT2D eigenvalue weighted by Gasteiger charge is -2.30. The van der Waals surface area contributed by atoms with E-state index < -0.39 is 0 Å². The number of amides is 1. The summed E-state index contributed by atoms with van der Waals surface area (Å²) in [6.45, 7) is 2.97. The van der Waals surface area contributed by atoms with Crippen LogP contribution in [-0.4, -0.2) is 44.7 Å². The van der Waals surface area contributed by atoms with Crippen molar-refractivity contribution in [1.29, 1.82) is 0 Å². The molecule has 4 rings (SSSR count). The predicted octanol–water partition coefficient (Wildman–Crippen LogP) is 1.46. The minimum atomic E-state index is -0.0111. The summed E-state index contributed by atoms with van der Waals surface area (Å²) in [6.07, 6.45) is 2.02. The van der Waals surface area contributed by atoms with Crippen molar-refractivity contribution in [2.45, 2.75) is 32.0 Å². The molecule has 122 valence electrons. The van der Waals surface area contributed by atoms with E-state index in [1.807, 2.05) is 35.2 Å². The summed E-state index contributed by atoms with van der Waals surface area (Å²) in [5, 5.41) is 11.9. The van der Waals surface area contributed by atoms with Gasteiger partial charge in [0.25, 0.3) is 0 Å². The molecular formula is C16H20ClN5O. The molecule has 23 heavy (non-hydrogen) atoms. The highest BCUT2D eigenvalue weighted by molar-refractivity contribution is 5.85. The van der Waals surface area contributed by atoms with Crippen LogP contribution in [0, 0.1) is 0 Å². The molecule has 0 spiro atoms. The zero-order valence-corrected chi connectivity index (χ0v) is 13.6. The van der Waals surface area contributed by atoms with Gasteiger partial charge in [0.15, 0.2) is 11.6 Å². The number of fused-ring (bicyclic) bond motifs is 1. The Morgan fingerprint density at radius 3 is 2.74 bits per heavy atom. The van der Waals surface area contributed by atoms with Crippen LogP contribution in [0.3, 0.4) is 0 Å². The molecule has 2 aliphatic heterocycles. The molecule has 6 nitrogen and oxygen atoms in total. The van der Waals surface area contributed by atoms with Crippen LogP contribution in [0.5, 0.6) is 0 Å². The normalized spacial score (nSPS) is 20.0. The van der Waals surface area contributed by atoms with E-state index in [-0.39, 0.29) is 24.4 Å². The minimum absolute atomic E-state index is 0. The van der Waals surface area contributed by atoms with Crippen LogP contribution in [0.2, 0.25) is 0 Å². The molecule has 0 saturated carbocycles. The van der Waals surface area contributed by atoms with Crippen LogP contribution in [0.4, 0.5) is 0 Å². The molecule has 1 aromatic carbocycles. The molecule has 1 unspecified atom stereocenters. The van der Waals surface area contributed by atoms with Crippen molar-refractivity contribution >= 4 is 18.3 Å². The van der Waals surface area contributed by atoms with Crippen molar-refractivity contribution in [3.63, 3.8) is 0 Å². The SMILES string of the molecule is Cl.O=C(C1CCCN1)N1CCn2c(nnc2-c2ccccc2)C1. The summed E-state index contributed by atoms with van der Waals surface area (Å²) in [4.78, 5) is 14.4. The second-order valence-electron chi connectivity index (χ2n) is 5.87. The highest BCUT2D eigenvalue weighted by atomic mass is 35.5. The van der Waals surface area contributed by atoms with Gasteiger partial charge in [-0.3, -0.25) is 4.79 Å². The van der Waals surface area contributed by atoms with E-state index >= 15 is 0 Å². The molecule has 0 aliphatic carbocycles. The van der Waals surface area contributed by atoms with Gasteiger partial charge in [0.1, 0.15) is 0 Å². The molecule has 7 heteroatoms. The number of hydrogen-bond donors (Lipinski definition) is 1. The number of nitrogens with one attached hydrogen (secondary N) is 1. The Morgan fingerprint density at radius 1 is 1.17 bits per heavy atom. The largest absolute Gasteiger partial charge is 0.332 e. The van der Waals surface area contributed by atoms with Crippen LogP contribution < -0.4 is 5.32 Å². The quantitative estimate of drug-likeness (QED) is 0.903. The lowest BCUT2D eigenvalue weighted by atomic mass is 10.2. The first-order chi connectivity index (χ1) is 10.8. The summed E-state index contributed by atoms with van der Waals surface area (Å²) in [7, 11) is 0. The first-order valence-electron chi connectivity index (χ1n) is 7.82. The highest BCUT2D eigenvalue weighted by Crippen LogP contribution is 2.22. The highest BCUT2D eigenvalue weighted by Gasteiger charge is 2.30. The van der Waals surface area contributed by atoms with Crippen molar-refractivity contribution in [1.82, 2.24) is 25.0 Å². The van der Waals surface area contributed by atoms with E-state index in [1.165, 1.54) is 0 Å². The number of rotatable bonds is 2. The third-order valence-corrected chi connectivity index (χ3v) is 4.46. The van der Waals surface area contributed by atoms with E-state index in [2.05, 4.69) is 20.1 Å². The maximum Gasteiger partial charge on any atom is 0.240 e. The summed E-state index contributed by atoms with van der Waals surface area (Å²) in [6, 6.07) is 10.1. The lowest BCUT2D eigenvalue weighted by molar-refractivity contribution is -0.134. The van der Waals surface area contributed by atoms with Gasteiger partial charge in [0.2, 0.25) is 5.91 Å².